The lowest BCUT2D eigenvalue weighted by molar-refractivity contribution is -0.904. The zero-order valence-corrected chi connectivity index (χ0v) is 19.3. The van der Waals surface area contributed by atoms with Crippen LogP contribution in [-0.2, 0) is 6.54 Å². The molecule has 0 aliphatic rings. The molecule has 166 valence electrons. The van der Waals surface area contributed by atoms with Crippen LogP contribution in [0.3, 0.4) is 0 Å². The van der Waals surface area contributed by atoms with Crippen molar-refractivity contribution in [1.29, 1.82) is 0 Å². The third kappa shape index (κ3) is 12.7. The number of unbranched alkanes of at least 4 members (excludes halogenated alkanes) is 13. The Hall–Kier alpha value is -1.42. The average molecular weight is 406 g/mol. The van der Waals surface area contributed by atoms with E-state index in [2.05, 4.69) is 21.0 Å². The molecule has 4 nitrogen and oxygen atoms in total. The second-order valence-corrected chi connectivity index (χ2v) is 9.30. The van der Waals surface area contributed by atoms with E-state index in [-0.39, 0.29) is 10.6 Å². The number of benzene rings is 1. The maximum absolute atomic E-state index is 11.2. The Morgan fingerprint density at radius 2 is 1.21 bits per heavy atom. The van der Waals surface area contributed by atoms with Crippen LogP contribution in [0.1, 0.15) is 102 Å². The number of para-hydroxylation sites is 1. The van der Waals surface area contributed by atoms with Crippen molar-refractivity contribution in [3.8, 4) is 0 Å². The second-order valence-electron chi connectivity index (χ2n) is 9.30. The average Bonchev–Trinajstić information content (AvgIpc) is 2.68. The highest BCUT2D eigenvalue weighted by Gasteiger charge is 2.21. The van der Waals surface area contributed by atoms with Gasteiger partial charge in [-0.1, -0.05) is 96.1 Å². The molecular weight excluding hydrogens is 360 g/mol. The summed E-state index contributed by atoms with van der Waals surface area (Å²) in [6, 6.07) is 7.15. The van der Waals surface area contributed by atoms with Crippen LogP contribution < -0.4 is 0 Å². The van der Waals surface area contributed by atoms with E-state index >= 15 is 0 Å². The van der Waals surface area contributed by atoms with Crippen molar-refractivity contribution in [2.45, 2.75) is 103 Å². The summed E-state index contributed by atoms with van der Waals surface area (Å²) in [7, 11) is 4.36. The molecule has 0 fully saturated rings. The van der Waals surface area contributed by atoms with Gasteiger partial charge in [0.2, 0.25) is 0 Å². The Morgan fingerprint density at radius 3 is 1.69 bits per heavy atom. The Labute approximate surface area is 179 Å². The summed E-state index contributed by atoms with van der Waals surface area (Å²) in [5, 5.41) is 11.2. The van der Waals surface area contributed by atoms with Crippen LogP contribution in [0, 0.1) is 10.1 Å². The molecule has 0 spiro atoms. The van der Waals surface area contributed by atoms with Gasteiger partial charge in [-0.15, -0.1) is 0 Å². The molecule has 1 aromatic rings. The maximum Gasteiger partial charge on any atom is 0.278 e. The number of nitrogens with zero attached hydrogens (tertiary/aromatic N) is 2. The fourth-order valence-electron chi connectivity index (χ4n) is 4.10. The monoisotopic (exact) mass is 405 g/mol. The zero-order chi connectivity index (χ0) is 21.4. The first kappa shape index (κ1) is 25.6. The van der Waals surface area contributed by atoms with Gasteiger partial charge in [0.25, 0.3) is 5.69 Å². The standard InChI is InChI=1S/C25H45N2O2/c1-4-5-6-7-8-9-10-11-12-13-14-15-16-19-22-27(2,3)23-24-20-17-18-21-25(24)26(28)29/h17-18,20-21H,4-16,19,22-23H2,1-3H3/q+1. The summed E-state index contributed by atoms with van der Waals surface area (Å²) in [6.07, 6.45) is 19.2. The van der Waals surface area contributed by atoms with Gasteiger partial charge < -0.3 is 4.48 Å². The van der Waals surface area contributed by atoms with Gasteiger partial charge in [-0.3, -0.25) is 10.1 Å². The first-order chi connectivity index (χ1) is 14.0. The normalized spacial score (nSPS) is 11.7. The lowest BCUT2D eigenvalue weighted by atomic mass is 10.0. The molecule has 1 rings (SSSR count). The molecule has 0 bridgehead atoms. The predicted molar refractivity (Wildman–Crippen MR) is 124 cm³/mol. The van der Waals surface area contributed by atoms with E-state index in [4.69, 9.17) is 0 Å². The third-order valence-corrected chi connectivity index (χ3v) is 5.90. The summed E-state index contributed by atoms with van der Waals surface area (Å²) < 4.78 is 0.809. The summed E-state index contributed by atoms with van der Waals surface area (Å²) in [5.41, 5.74) is 1.09. The van der Waals surface area contributed by atoms with Crippen molar-refractivity contribution in [2.24, 2.45) is 0 Å². The Bertz CT molecular complexity index is 558. The third-order valence-electron chi connectivity index (χ3n) is 5.90. The number of nitro benzene ring substituents is 1. The van der Waals surface area contributed by atoms with E-state index < -0.39 is 0 Å². The van der Waals surface area contributed by atoms with Crippen molar-refractivity contribution < 1.29 is 9.41 Å². The molecule has 0 saturated carbocycles. The Morgan fingerprint density at radius 1 is 0.759 bits per heavy atom. The van der Waals surface area contributed by atoms with Gasteiger partial charge in [0.05, 0.1) is 31.1 Å². The number of hydrogen-bond acceptors (Lipinski definition) is 2. The fourth-order valence-corrected chi connectivity index (χ4v) is 4.10. The van der Waals surface area contributed by atoms with Crippen molar-refractivity contribution in [2.75, 3.05) is 20.6 Å². The van der Waals surface area contributed by atoms with Crippen molar-refractivity contribution >= 4 is 5.69 Å². The van der Waals surface area contributed by atoms with Gasteiger partial charge in [-0.25, -0.2) is 0 Å². The highest BCUT2D eigenvalue weighted by Crippen LogP contribution is 2.22. The SMILES string of the molecule is CCCCCCCCCCCCCCCC[N+](C)(C)Cc1ccccc1[N+](=O)[O-]. The fraction of sp³-hybridized carbons (Fsp3) is 0.760. The molecule has 0 aromatic heterocycles. The first-order valence-electron chi connectivity index (χ1n) is 12.0. The quantitative estimate of drug-likeness (QED) is 0.109. The van der Waals surface area contributed by atoms with Crippen LogP contribution in [0.15, 0.2) is 24.3 Å². The van der Waals surface area contributed by atoms with E-state index in [0.29, 0.717) is 0 Å². The minimum absolute atomic E-state index is 0.250. The van der Waals surface area contributed by atoms with E-state index in [9.17, 15) is 10.1 Å². The molecule has 0 unspecified atom stereocenters. The van der Waals surface area contributed by atoms with Crippen LogP contribution >= 0.6 is 0 Å². The molecule has 0 amide bonds. The first-order valence-corrected chi connectivity index (χ1v) is 12.0. The molecule has 0 heterocycles. The topological polar surface area (TPSA) is 43.1 Å². The van der Waals surface area contributed by atoms with E-state index in [1.165, 1.54) is 89.9 Å². The highest BCUT2D eigenvalue weighted by molar-refractivity contribution is 5.39. The lowest BCUT2D eigenvalue weighted by Gasteiger charge is -2.29. The second kappa shape index (κ2) is 15.4. The van der Waals surface area contributed by atoms with Gasteiger partial charge in [0, 0.05) is 6.07 Å². The highest BCUT2D eigenvalue weighted by atomic mass is 16.6. The summed E-state index contributed by atoms with van der Waals surface area (Å²) >= 11 is 0. The van der Waals surface area contributed by atoms with Crippen LogP contribution in [0.25, 0.3) is 0 Å². The Kier molecular flexibility index (Phi) is 13.6. The van der Waals surface area contributed by atoms with E-state index in [0.717, 1.165) is 23.1 Å². The van der Waals surface area contributed by atoms with Gasteiger partial charge >= 0.3 is 0 Å². The lowest BCUT2D eigenvalue weighted by Crippen LogP contribution is -2.39. The molecule has 0 aliphatic heterocycles. The number of quaternary nitrogens is 1. The summed E-state index contributed by atoms with van der Waals surface area (Å²) in [5.74, 6) is 0. The molecule has 4 heteroatoms. The molecular formula is C25H45N2O2+. The molecule has 29 heavy (non-hydrogen) atoms. The van der Waals surface area contributed by atoms with Crippen LogP contribution in [-0.4, -0.2) is 30.0 Å². The van der Waals surface area contributed by atoms with Gasteiger partial charge in [0.15, 0.2) is 0 Å². The van der Waals surface area contributed by atoms with Crippen molar-refractivity contribution in [3.05, 3.63) is 39.9 Å². The summed E-state index contributed by atoms with van der Waals surface area (Å²) in [6.45, 7) is 4.07. The van der Waals surface area contributed by atoms with Crippen molar-refractivity contribution in [1.82, 2.24) is 0 Å². The minimum atomic E-state index is -0.262. The zero-order valence-electron chi connectivity index (χ0n) is 19.3. The van der Waals surface area contributed by atoms with Gasteiger partial charge in [-0.05, 0) is 18.9 Å². The Balaban J connectivity index is 2.03. The van der Waals surface area contributed by atoms with E-state index in [1.54, 1.807) is 12.1 Å². The minimum Gasteiger partial charge on any atom is -0.325 e. The predicted octanol–water partition coefficient (Wildman–Crippen LogP) is 7.65. The van der Waals surface area contributed by atoms with E-state index in [1.807, 2.05) is 12.1 Å². The van der Waals surface area contributed by atoms with Crippen LogP contribution in [0.4, 0.5) is 5.69 Å². The number of hydrogen-bond donors (Lipinski definition) is 0. The van der Waals surface area contributed by atoms with Crippen molar-refractivity contribution in [3.63, 3.8) is 0 Å². The molecule has 0 radical (unpaired) electrons. The smallest absolute Gasteiger partial charge is 0.278 e. The summed E-state index contributed by atoms with van der Waals surface area (Å²) in [4.78, 5) is 10.9. The molecule has 0 atom stereocenters. The molecule has 0 aliphatic carbocycles. The largest absolute Gasteiger partial charge is 0.325 e. The van der Waals surface area contributed by atoms with Crippen LogP contribution in [0.2, 0.25) is 0 Å². The molecule has 1 aromatic carbocycles. The molecule has 0 N–H and O–H groups in total. The maximum atomic E-state index is 11.2. The van der Waals surface area contributed by atoms with Gasteiger partial charge in [0.1, 0.15) is 6.54 Å². The number of nitro groups is 1. The molecule has 0 saturated heterocycles. The van der Waals surface area contributed by atoms with Gasteiger partial charge in [-0.2, -0.15) is 0 Å². The van der Waals surface area contributed by atoms with Crippen LogP contribution in [0.5, 0.6) is 0 Å². The number of rotatable bonds is 18.